The number of hydrogen-bond acceptors (Lipinski definition) is 2. The van der Waals surface area contributed by atoms with E-state index < -0.39 is 24.3 Å². The lowest BCUT2D eigenvalue weighted by molar-refractivity contribution is 0.262. The molecule has 0 spiro atoms. The third-order valence-electron chi connectivity index (χ3n) is 1.61. The molecule has 0 bridgehead atoms. The smallest absolute Gasteiger partial charge is 0.132 e. The third kappa shape index (κ3) is 2.15. The Hall–Kier alpha value is -0.710. The second kappa shape index (κ2) is 4.00. The molecule has 0 heterocycles. The average molecular weight is 208 g/mol. The van der Waals surface area contributed by atoms with Crippen molar-refractivity contribution >= 4 is 11.6 Å². The zero-order valence-electron chi connectivity index (χ0n) is 6.60. The largest absolute Gasteiger partial charge is 0.394 e. The highest BCUT2D eigenvalue weighted by molar-refractivity contribution is 6.30. The molecule has 2 nitrogen and oxygen atoms in total. The zero-order chi connectivity index (χ0) is 10.0. The SMILES string of the molecule is N[C@@H](CO)c1c(F)cc(Cl)cc1F. The van der Waals surface area contributed by atoms with E-state index in [4.69, 9.17) is 22.4 Å². The first-order chi connectivity index (χ1) is 6.06. The molecule has 3 N–H and O–H groups in total. The Kier molecular flexibility index (Phi) is 3.19. The molecule has 1 aromatic rings. The Bertz CT molecular complexity index is 296. The minimum absolute atomic E-state index is 0.0381. The van der Waals surface area contributed by atoms with Gasteiger partial charge in [0.2, 0.25) is 0 Å². The fraction of sp³-hybridized carbons (Fsp3) is 0.250. The fourth-order valence-electron chi connectivity index (χ4n) is 0.999. The number of aliphatic hydroxyl groups excluding tert-OH is 1. The van der Waals surface area contributed by atoms with Crippen molar-refractivity contribution in [3.05, 3.63) is 34.4 Å². The summed E-state index contributed by atoms with van der Waals surface area (Å²) >= 11 is 5.39. The molecule has 0 aliphatic rings. The lowest BCUT2D eigenvalue weighted by Gasteiger charge is -2.10. The van der Waals surface area contributed by atoms with E-state index in [0.717, 1.165) is 12.1 Å². The van der Waals surface area contributed by atoms with Crippen molar-refractivity contribution in [2.75, 3.05) is 6.61 Å². The van der Waals surface area contributed by atoms with Crippen molar-refractivity contribution in [1.29, 1.82) is 0 Å². The standard InChI is InChI=1S/C8H8ClF2NO/c9-4-1-5(10)8(6(11)2-4)7(12)3-13/h1-2,7,13H,3,12H2/t7-/m0/s1. The zero-order valence-corrected chi connectivity index (χ0v) is 7.35. The van der Waals surface area contributed by atoms with Crippen LogP contribution in [0.25, 0.3) is 0 Å². The van der Waals surface area contributed by atoms with E-state index in [-0.39, 0.29) is 10.6 Å². The van der Waals surface area contributed by atoms with Crippen molar-refractivity contribution in [3.63, 3.8) is 0 Å². The van der Waals surface area contributed by atoms with Crippen LogP contribution in [-0.2, 0) is 0 Å². The van der Waals surface area contributed by atoms with Crippen LogP contribution in [0, 0.1) is 11.6 Å². The first kappa shape index (κ1) is 10.4. The van der Waals surface area contributed by atoms with Crippen LogP contribution < -0.4 is 5.73 Å². The minimum atomic E-state index is -1.06. The number of aliphatic hydroxyl groups is 1. The summed E-state index contributed by atoms with van der Waals surface area (Å²) in [6.07, 6.45) is 0. The highest BCUT2D eigenvalue weighted by Crippen LogP contribution is 2.22. The monoisotopic (exact) mass is 207 g/mol. The van der Waals surface area contributed by atoms with E-state index in [1.165, 1.54) is 0 Å². The van der Waals surface area contributed by atoms with E-state index in [2.05, 4.69) is 0 Å². The normalized spacial score (nSPS) is 13.0. The summed E-state index contributed by atoms with van der Waals surface area (Å²) in [6.45, 7) is -0.518. The summed E-state index contributed by atoms with van der Waals surface area (Å²) < 4.78 is 26.1. The van der Waals surface area contributed by atoms with Gasteiger partial charge >= 0.3 is 0 Å². The molecule has 5 heteroatoms. The Morgan fingerprint density at radius 3 is 2.23 bits per heavy atom. The van der Waals surface area contributed by atoms with Gasteiger partial charge in [0, 0.05) is 10.6 Å². The van der Waals surface area contributed by atoms with Crippen LogP contribution in [0.4, 0.5) is 8.78 Å². The number of rotatable bonds is 2. The predicted octanol–water partition coefficient (Wildman–Crippen LogP) is 1.61. The van der Waals surface area contributed by atoms with Crippen molar-refractivity contribution in [3.8, 4) is 0 Å². The van der Waals surface area contributed by atoms with Gasteiger partial charge in [-0.1, -0.05) is 11.6 Å². The van der Waals surface area contributed by atoms with E-state index >= 15 is 0 Å². The number of hydrogen-bond donors (Lipinski definition) is 2. The van der Waals surface area contributed by atoms with E-state index in [9.17, 15) is 8.78 Å². The fourth-order valence-corrected chi connectivity index (χ4v) is 1.19. The van der Waals surface area contributed by atoms with Crippen LogP contribution in [0.2, 0.25) is 5.02 Å². The number of nitrogens with two attached hydrogens (primary N) is 1. The molecule has 0 unspecified atom stereocenters. The molecule has 0 saturated heterocycles. The molecular formula is C8H8ClF2NO. The lowest BCUT2D eigenvalue weighted by atomic mass is 10.1. The highest BCUT2D eigenvalue weighted by atomic mass is 35.5. The lowest BCUT2D eigenvalue weighted by Crippen LogP contribution is -2.17. The van der Waals surface area contributed by atoms with Gasteiger partial charge in [0.25, 0.3) is 0 Å². The van der Waals surface area contributed by atoms with Gasteiger partial charge in [-0.3, -0.25) is 0 Å². The van der Waals surface area contributed by atoms with Crippen molar-refractivity contribution < 1.29 is 13.9 Å². The molecule has 0 aromatic heterocycles. The Labute approximate surface area is 78.9 Å². The maximum absolute atomic E-state index is 13.0. The van der Waals surface area contributed by atoms with Gasteiger partial charge < -0.3 is 10.8 Å². The molecule has 0 amide bonds. The van der Waals surface area contributed by atoms with Gasteiger partial charge in [0.15, 0.2) is 0 Å². The van der Waals surface area contributed by atoms with Gasteiger partial charge in [0.1, 0.15) is 11.6 Å². The quantitative estimate of drug-likeness (QED) is 0.774. The second-order valence-corrected chi connectivity index (χ2v) is 3.01. The molecule has 1 aromatic carbocycles. The van der Waals surface area contributed by atoms with Gasteiger partial charge in [0.05, 0.1) is 12.6 Å². The average Bonchev–Trinajstić information content (AvgIpc) is 2.02. The molecule has 0 saturated carbocycles. The van der Waals surface area contributed by atoms with Crippen LogP contribution in [0.3, 0.4) is 0 Å². The maximum Gasteiger partial charge on any atom is 0.132 e. The predicted molar refractivity (Wildman–Crippen MR) is 45.4 cm³/mol. The first-order valence-electron chi connectivity index (χ1n) is 3.57. The summed E-state index contributed by atoms with van der Waals surface area (Å²) in [5.74, 6) is -1.68. The van der Waals surface area contributed by atoms with Crippen LogP contribution >= 0.6 is 11.6 Å². The molecule has 1 rings (SSSR count). The van der Waals surface area contributed by atoms with Crippen molar-refractivity contribution in [1.82, 2.24) is 0 Å². The topological polar surface area (TPSA) is 46.2 Å². The molecule has 0 radical (unpaired) electrons. The Morgan fingerprint density at radius 1 is 1.38 bits per heavy atom. The van der Waals surface area contributed by atoms with Gasteiger partial charge in [-0.15, -0.1) is 0 Å². The summed E-state index contributed by atoms with van der Waals surface area (Å²) in [7, 11) is 0. The molecule has 13 heavy (non-hydrogen) atoms. The summed E-state index contributed by atoms with van der Waals surface area (Å²) in [6, 6.07) is 0.850. The number of benzene rings is 1. The van der Waals surface area contributed by atoms with Gasteiger partial charge in [-0.05, 0) is 12.1 Å². The molecular weight excluding hydrogens is 200 g/mol. The maximum atomic E-state index is 13.0. The second-order valence-electron chi connectivity index (χ2n) is 2.57. The van der Waals surface area contributed by atoms with Crippen LogP contribution in [0.1, 0.15) is 11.6 Å². The highest BCUT2D eigenvalue weighted by Gasteiger charge is 2.16. The molecule has 0 aliphatic carbocycles. The van der Waals surface area contributed by atoms with Crippen molar-refractivity contribution in [2.24, 2.45) is 5.73 Å². The number of halogens is 3. The molecule has 72 valence electrons. The van der Waals surface area contributed by atoms with Crippen LogP contribution in [-0.4, -0.2) is 11.7 Å². The summed E-state index contributed by atoms with van der Waals surface area (Å²) in [5, 5.41) is 8.58. The molecule has 0 fully saturated rings. The summed E-state index contributed by atoms with van der Waals surface area (Å²) in [4.78, 5) is 0. The Balaban J connectivity index is 3.20. The van der Waals surface area contributed by atoms with Crippen molar-refractivity contribution in [2.45, 2.75) is 6.04 Å². The van der Waals surface area contributed by atoms with Crippen LogP contribution in [0.5, 0.6) is 0 Å². The Morgan fingerprint density at radius 2 is 1.85 bits per heavy atom. The first-order valence-corrected chi connectivity index (χ1v) is 3.95. The van der Waals surface area contributed by atoms with E-state index in [1.807, 2.05) is 0 Å². The molecule has 0 aliphatic heterocycles. The van der Waals surface area contributed by atoms with Crippen LogP contribution in [0.15, 0.2) is 12.1 Å². The van der Waals surface area contributed by atoms with E-state index in [0.29, 0.717) is 0 Å². The third-order valence-corrected chi connectivity index (χ3v) is 1.83. The van der Waals surface area contributed by atoms with E-state index in [1.54, 1.807) is 0 Å². The van der Waals surface area contributed by atoms with Gasteiger partial charge in [-0.2, -0.15) is 0 Å². The minimum Gasteiger partial charge on any atom is -0.394 e. The summed E-state index contributed by atoms with van der Waals surface area (Å²) in [5.41, 5.74) is 4.93. The van der Waals surface area contributed by atoms with Gasteiger partial charge in [-0.25, -0.2) is 8.78 Å². The molecule has 1 atom stereocenters.